The number of rotatable bonds is 1. The van der Waals surface area contributed by atoms with Gasteiger partial charge in [0.15, 0.2) is 11.6 Å². The maximum Gasteiger partial charge on any atom is 0.258 e. The summed E-state index contributed by atoms with van der Waals surface area (Å²) in [6, 6.07) is 10.9. The Hall–Kier alpha value is -2.23. The molecule has 20 heavy (non-hydrogen) atoms. The van der Waals surface area contributed by atoms with Crippen molar-refractivity contribution in [1.82, 2.24) is 0 Å². The zero-order chi connectivity index (χ0) is 14.1. The summed E-state index contributed by atoms with van der Waals surface area (Å²) < 4.78 is 26.2. The molecule has 0 atom stereocenters. The Labute approximate surface area is 115 Å². The topological polar surface area (TPSA) is 20.3 Å². The Kier molecular flexibility index (Phi) is 3.22. The van der Waals surface area contributed by atoms with Crippen molar-refractivity contribution < 1.29 is 13.6 Å². The van der Waals surface area contributed by atoms with Gasteiger partial charge in [-0.05, 0) is 42.7 Å². The summed E-state index contributed by atoms with van der Waals surface area (Å²) in [5.41, 5.74) is 2.13. The first-order valence-electron chi connectivity index (χ1n) is 6.51. The second-order valence-corrected chi connectivity index (χ2v) is 4.82. The lowest BCUT2D eigenvalue weighted by Crippen LogP contribution is -2.35. The monoisotopic (exact) mass is 273 g/mol. The van der Waals surface area contributed by atoms with Crippen LogP contribution in [0, 0.1) is 11.6 Å². The molecule has 3 rings (SSSR count). The molecule has 0 spiro atoms. The van der Waals surface area contributed by atoms with Crippen molar-refractivity contribution >= 4 is 11.6 Å². The first-order valence-corrected chi connectivity index (χ1v) is 6.51. The predicted octanol–water partition coefficient (Wildman–Crippen LogP) is 3.56. The molecular weight excluding hydrogens is 260 g/mol. The van der Waals surface area contributed by atoms with Gasteiger partial charge in [-0.15, -0.1) is 0 Å². The van der Waals surface area contributed by atoms with Crippen molar-refractivity contribution in [3.63, 3.8) is 0 Å². The predicted molar refractivity (Wildman–Crippen MR) is 72.8 cm³/mol. The van der Waals surface area contributed by atoms with E-state index >= 15 is 0 Å². The van der Waals surface area contributed by atoms with E-state index in [-0.39, 0.29) is 11.5 Å². The first-order chi connectivity index (χ1) is 9.66. The summed E-state index contributed by atoms with van der Waals surface area (Å²) >= 11 is 0. The number of halogens is 2. The van der Waals surface area contributed by atoms with Gasteiger partial charge in [-0.3, -0.25) is 4.79 Å². The van der Waals surface area contributed by atoms with Crippen LogP contribution in [0.2, 0.25) is 0 Å². The van der Waals surface area contributed by atoms with E-state index in [9.17, 15) is 13.6 Å². The zero-order valence-electron chi connectivity index (χ0n) is 10.8. The summed E-state index contributed by atoms with van der Waals surface area (Å²) in [6.07, 6.45) is 1.80. The van der Waals surface area contributed by atoms with Gasteiger partial charge in [-0.25, -0.2) is 8.78 Å². The molecule has 2 nitrogen and oxygen atoms in total. The van der Waals surface area contributed by atoms with Crippen LogP contribution in [0.3, 0.4) is 0 Å². The molecule has 1 heterocycles. The highest BCUT2D eigenvalue weighted by Crippen LogP contribution is 2.28. The summed E-state index contributed by atoms with van der Waals surface area (Å²) in [6.45, 7) is 0.592. The fourth-order valence-corrected chi connectivity index (χ4v) is 2.53. The fourth-order valence-electron chi connectivity index (χ4n) is 2.53. The molecule has 0 bridgehead atoms. The Bertz CT molecular complexity index is 669. The van der Waals surface area contributed by atoms with E-state index in [0.29, 0.717) is 6.54 Å². The number of fused-ring (bicyclic) bond motifs is 1. The lowest BCUT2D eigenvalue weighted by atomic mass is 10.0. The molecule has 4 heteroatoms. The maximum atomic E-state index is 13.3. The largest absolute Gasteiger partial charge is 0.308 e. The molecule has 1 aliphatic heterocycles. The van der Waals surface area contributed by atoms with E-state index in [4.69, 9.17) is 0 Å². The number of nitrogens with zero attached hydrogens (tertiary/aromatic N) is 1. The average Bonchev–Trinajstić information content (AvgIpc) is 2.49. The molecule has 0 radical (unpaired) electrons. The standard InChI is InChI=1S/C16H13F2NO/c17-13-8-7-12(10-14(13)18)16(20)19-9-3-5-11-4-1-2-6-15(11)19/h1-2,4,6-8,10H,3,5,9H2. The number of carbonyl (C=O) groups is 1. The van der Waals surface area contributed by atoms with Crippen LogP contribution >= 0.6 is 0 Å². The second-order valence-electron chi connectivity index (χ2n) is 4.82. The van der Waals surface area contributed by atoms with Crippen molar-refractivity contribution in [3.05, 3.63) is 65.2 Å². The second kappa shape index (κ2) is 5.04. The number of aryl methyl sites for hydroxylation is 1. The van der Waals surface area contributed by atoms with E-state index in [2.05, 4.69) is 0 Å². The summed E-state index contributed by atoms with van der Waals surface area (Å²) in [5.74, 6) is -2.24. The van der Waals surface area contributed by atoms with Crippen LogP contribution in [0.4, 0.5) is 14.5 Å². The Morgan fingerprint density at radius 3 is 2.65 bits per heavy atom. The number of anilines is 1. The zero-order valence-corrected chi connectivity index (χ0v) is 10.8. The minimum Gasteiger partial charge on any atom is -0.308 e. The Balaban J connectivity index is 1.97. The lowest BCUT2D eigenvalue weighted by molar-refractivity contribution is 0.0984. The van der Waals surface area contributed by atoms with Gasteiger partial charge in [-0.1, -0.05) is 18.2 Å². The molecule has 0 fully saturated rings. The molecule has 0 N–H and O–H groups in total. The van der Waals surface area contributed by atoms with Gasteiger partial charge in [0.25, 0.3) is 5.91 Å². The van der Waals surface area contributed by atoms with Crippen LogP contribution in [-0.2, 0) is 6.42 Å². The van der Waals surface area contributed by atoms with Crippen molar-refractivity contribution in [2.24, 2.45) is 0 Å². The highest BCUT2D eigenvalue weighted by Gasteiger charge is 2.23. The van der Waals surface area contributed by atoms with E-state index in [1.807, 2.05) is 24.3 Å². The van der Waals surface area contributed by atoms with Crippen molar-refractivity contribution in [2.45, 2.75) is 12.8 Å². The summed E-state index contributed by atoms with van der Waals surface area (Å²) in [4.78, 5) is 14.1. The van der Waals surface area contributed by atoms with Gasteiger partial charge in [0, 0.05) is 17.8 Å². The normalized spacial score (nSPS) is 14.0. The molecule has 1 amide bonds. The number of amides is 1. The van der Waals surface area contributed by atoms with E-state index in [1.165, 1.54) is 6.07 Å². The summed E-state index contributed by atoms with van der Waals surface area (Å²) in [5, 5.41) is 0. The first kappa shape index (κ1) is 12.8. The fraction of sp³-hybridized carbons (Fsp3) is 0.188. The highest BCUT2D eigenvalue weighted by atomic mass is 19.2. The minimum absolute atomic E-state index is 0.167. The Morgan fingerprint density at radius 1 is 1.05 bits per heavy atom. The summed E-state index contributed by atoms with van der Waals surface area (Å²) in [7, 11) is 0. The average molecular weight is 273 g/mol. The number of hydrogen-bond donors (Lipinski definition) is 0. The van der Waals surface area contributed by atoms with Crippen LogP contribution in [0.1, 0.15) is 22.3 Å². The molecule has 0 saturated carbocycles. The van der Waals surface area contributed by atoms with E-state index in [1.54, 1.807) is 4.90 Å². The van der Waals surface area contributed by atoms with Crippen LogP contribution < -0.4 is 4.90 Å². The molecule has 0 saturated heterocycles. The van der Waals surface area contributed by atoms with Crippen molar-refractivity contribution in [3.8, 4) is 0 Å². The SMILES string of the molecule is O=C(c1ccc(F)c(F)c1)N1CCCc2ccccc21. The molecule has 2 aromatic rings. The van der Waals surface area contributed by atoms with Crippen molar-refractivity contribution in [1.29, 1.82) is 0 Å². The number of carbonyl (C=O) groups excluding carboxylic acids is 1. The molecule has 0 aromatic heterocycles. The van der Waals surface area contributed by atoms with Crippen LogP contribution in [-0.4, -0.2) is 12.5 Å². The van der Waals surface area contributed by atoms with Crippen LogP contribution in [0.15, 0.2) is 42.5 Å². The molecule has 0 unspecified atom stereocenters. The number of benzene rings is 2. The number of para-hydroxylation sites is 1. The third-order valence-electron chi connectivity index (χ3n) is 3.52. The van der Waals surface area contributed by atoms with Crippen LogP contribution in [0.25, 0.3) is 0 Å². The van der Waals surface area contributed by atoms with Gasteiger partial charge < -0.3 is 4.90 Å². The quantitative estimate of drug-likeness (QED) is 0.778. The number of hydrogen-bond acceptors (Lipinski definition) is 1. The third kappa shape index (κ3) is 2.18. The third-order valence-corrected chi connectivity index (χ3v) is 3.52. The van der Waals surface area contributed by atoms with Gasteiger partial charge in [-0.2, -0.15) is 0 Å². The molecule has 102 valence electrons. The smallest absolute Gasteiger partial charge is 0.258 e. The van der Waals surface area contributed by atoms with Gasteiger partial charge in [0.2, 0.25) is 0 Å². The lowest BCUT2D eigenvalue weighted by Gasteiger charge is -2.29. The van der Waals surface area contributed by atoms with Gasteiger partial charge in [0.05, 0.1) is 0 Å². The maximum absolute atomic E-state index is 13.3. The Morgan fingerprint density at radius 2 is 1.85 bits per heavy atom. The van der Waals surface area contributed by atoms with E-state index in [0.717, 1.165) is 36.2 Å². The highest BCUT2D eigenvalue weighted by molar-refractivity contribution is 6.06. The molecule has 2 aromatic carbocycles. The van der Waals surface area contributed by atoms with Crippen molar-refractivity contribution in [2.75, 3.05) is 11.4 Å². The van der Waals surface area contributed by atoms with E-state index < -0.39 is 11.6 Å². The minimum atomic E-state index is -0.999. The molecule has 0 aliphatic carbocycles. The molecular formula is C16H13F2NO. The molecule has 1 aliphatic rings. The van der Waals surface area contributed by atoms with Gasteiger partial charge >= 0.3 is 0 Å². The van der Waals surface area contributed by atoms with Gasteiger partial charge in [0.1, 0.15) is 0 Å². The van der Waals surface area contributed by atoms with Crippen LogP contribution in [0.5, 0.6) is 0 Å².